The van der Waals surface area contributed by atoms with Crippen molar-refractivity contribution in [3.8, 4) is 11.4 Å². The Bertz CT molecular complexity index is 938. The van der Waals surface area contributed by atoms with Crippen molar-refractivity contribution in [2.75, 3.05) is 18.0 Å². The zero-order chi connectivity index (χ0) is 18.3. The number of nitrogens with two attached hydrogens (primary N) is 1. The molecule has 4 nitrogen and oxygen atoms in total. The maximum absolute atomic E-state index is 12.8. The molecule has 1 atom stereocenters. The number of hydrogen-bond donors (Lipinski definition) is 1. The Balaban J connectivity index is 1.81. The van der Waals surface area contributed by atoms with Crippen LogP contribution in [-0.2, 0) is 6.18 Å². The highest BCUT2D eigenvalue weighted by Gasteiger charge is 2.30. The van der Waals surface area contributed by atoms with E-state index in [1.807, 2.05) is 24.3 Å². The smallest absolute Gasteiger partial charge is 0.354 e. The van der Waals surface area contributed by atoms with E-state index in [9.17, 15) is 13.2 Å². The van der Waals surface area contributed by atoms with Crippen molar-refractivity contribution in [2.24, 2.45) is 5.73 Å². The van der Waals surface area contributed by atoms with E-state index in [0.717, 1.165) is 41.8 Å². The normalized spacial score (nSPS) is 17.8. The van der Waals surface area contributed by atoms with Gasteiger partial charge in [-0.05, 0) is 30.7 Å². The van der Waals surface area contributed by atoms with Crippen LogP contribution in [0.5, 0.6) is 0 Å². The topological polar surface area (TPSA) is 55.0 Å². The van der Waals surface area contributed by atoms with Gasteiger partial charge < -0.3 is 10.6 Å². The van der Waals surface area contributed by atoms with Crippen LogP contribution in [0.3, 0.4) is 0 Å². The van der Waals surface area contributed by atoms with Crippen molar-refractivity contribution in [3.05, 3.63) is 54.1 Å². The van der Waals surface area contributed by atoms with Crippen LogP contribution in [0.4, 0.5) is 19.0 Å². The number of aromatic nitrogens is 2. The van der Waals surface area contributed by atoms with Gasteiger partial charge in [0.1, 0.15) is 5.82 Å². The van der Waals surface area contributed by atoms with Crippen LogP contribution in [0.2, 0.25) is 0 Å². The second-order valence-electron chi connectivity index (χ2n) is 6.46. The van der Waals surface area contributed by atoms with Gasteiger partial charge in [-0.2, -0.15) is 13.2 Å². The molecule has 0 radical (unpaired) electrons. The predicted molar refractivity (Wildman–Crippen MR) is 94.8 cm³/mol. The van der Waals surface area contributed by atoms with E-state index in [1.165, 1.54) is 12.1 Å². The summed E-state index contributed by atoms with van der Waals surface area (Å²) in [5.41, 5.74) is 6.64. The zero-order valence-electron chi connectivity index (χ0n) is 13.9. The maximum atomic E-state index is 12.8. The third-order valence-electron chi connectivity index (χ3n) is 4.58. The van der Waals surface area contributed by atoms with Gasteiger partial charge in [0.15, 0.2) is 5.82 Å². The highest BCUT2D eigenvalue weighted by atomic mass is 19.4. The van der Waals surface area contributed by atoms with E-state index < -0.39 is 11.7 Å². The first-order valence-corrected chi connectivity index (χ1v) is 8.37. The Kier molecular flexibility index (Phi) is 4.03. The minimum atomic E-state index is -4.36. The number of fused-ring (bicyclic) bond motifs is 1. The minimum absolute atomic E-state index is 0.0956. The van der Waals surface area contributed by atoms with Crippen molar-refractivity contribution < 1.29 is 13.2 Å². The van der Waals surface area contributed by atoms with Gasteiger partial charge in [0.2, 0.25) is 0 Å². The highest BCUT2D eigenvalue weighted by molar-refractivity contribution is 5.91. The lowest BCUT2D eigenvalue weighted by molar-refractivity contribution is -0.137. The lowest BCUT2D eigenvalue weighted by Gasteiger charge is -2.19. The second-order valence-corrected chi connectivity index (χ2v) is 6.46. The SMILES string of the molecule is NC1CCN(c2nc(-c3ccc(C(F)(F)F)cc3)nc3ccccc23)C1. The van der Waals surface area contributed by atoms with Crippen molar-refractivity contribution >= 4 is 16.7 Å². The summed E-state index contributed by atoms with van der Waals surface area (Å²) < 4.78 is 38.4. The van der Waals surface area contributed by atoms with Crippen molar-refractivity contribution in [3.63, 3.8) is 0 Å². The van der Waals surface area contributed by atoms with Gasteiger partial charge in [-0.15, -0.1) is 0 Å². The first kappa shape index (κ1) is 16.8. The molecule has 7 heteroatoms. The molecule has 1 aromatic heterocycles. The quantitative estimate of drug-likeness (QED) is 0.756. The Hall–Kier alpha value is -2.67. The molecule has 1 saturated heterocycles. The van der Waals surface area contributed by atoms with E-state index in [0.29, 0.717) is 17.9 Å². The lowest BCUT2D eigenvalue weighted by Crippen LogP contribution is -2.27. The van der Waals surface area contributed by atoms with Crippen molar-refractivity contribution in [2.45, 2.75) is 18.6 Å². The number of anilines is 1. The molecule has 2 heterocycles. The summed E-state index contributed by atoms with van der Waals surface area (Å²) in [5.74, 6) is 1.19. The van der Waals surface area contributed by atoms with E-state index in [2.05, 4.69) is 14.9 Å². The number of halogens is 3. The van der Waals surface area contributed by atoms with E-state index in [1.54, 1.807) is 0 Å². The molecule has 4 rings (SSSR count). The molecule has 134 valence electrons. The lowest BCUT2D eigenvalue weighted by atomic mass is 10.1. The summed E-state index contributed by atoms with van der Waals surface area (Å²) in [6.07, 6.45) is -3.48. The van der Waals surface area contributed by atoms with Crippen molar-refractivity contribution in [1.29, 1.82) is 0 Å². The fraction of sp³-hybridized carbons (Fsp3) is 0.263. The van der Waals surface area contributed by atoms with Crippen LogP contribution >= 0.6 is 0 Å². The zero-order valence-corrected chi connectivity index (χ0v) is 13.9. The highest BCUT2D eigenvalue weighted by Crippen LogP contribution is 2.32. The third kappa shape index (κ3) is 3.10. The van der Waals surface area contributed by atoms with Gasteiger partial charge in [-0.1, -0.05) is 24.3 Å². The molecule has 2 N–H and O–H groups in total. The van der Waals surface area contributed by atoms with Crippen LogP contribution in [-0.4, -0.2) is 29.1 Å². The van der Waals surface area contributed by atoms with E-state index >= 15 is 0 Å². The van der Waals surface area contributed by atoms with Gasteiger partial charge >= 0.3 is 6.18 Å². The van der Waals surface area contributed by atoms with E-state index in [-0.39, 0.29) is 6.04 Å². The molecule has 2 aromatic carbocycles. The Labute approximate surface area is 148 Å². The molecular formula is C19H17F3N4. The molecule has 1 fully saturated rings. The Morgan fingerprint density at radius 2 is 1.73 bits per heavy atom. The molecule has 0 saturated carbocycles. The van der Waals surface area contributed by atoms with E-state index in [4.69, 9.17) is 5.73 Å². The maximum Gasteiger partial charge on any atom is 0.416 e. The van der Waals surface area contributed by atoms with Gasteiger partial charge in [0.05, 0.1) is 11.1 Å². The van der Waals surface area contributed by atoms with Crippen LogP contribution < -0.4 is 10.6 Å². The molecule has 3 aromatic rings. The molecule has 1 unspecified atom stereocenters. The molecule has 0 bridgehead atoms. The van der Waals surface area contributed by atoms with Gasteiger partial charge in [-0.3, -0.25) is 0 Å². The Morgan fingerprint density at radius 3 is 2.38 bits per heavy atom. The fourth-order valence-corrected chi connectivity index (χ4v) is 3.22. The largest absolute Gasteiger partial charge is 0.416 e. The molecule has 0 aliphatic carbocycles. The third-order valence-corrected chi connectivity index (χ3v) is 4.58. The molecule has 26 heavy (non-hydrogen) atoms. The molecule has 0 amide bonds. The summed E-state index contributed by atoms with van der Waals surface area (Å²) in [6, 6.07) is 12.7. The van der Waals surface area contributed by atoms with Gasteiger partial charge in [0.25, 0.3) is 0 Å². The number of rotatable bonds is 2. The minimum Gasteiger partial charge on any atom is -0.354 e. The molecule has 1 aliphatic rings. The number of para-hydroxylation sites is 1. The predicted octanol–water partition coefficient (Wildman–Crippen LogP) is 3.85. The molecule has 0 spiro atoms. The summed E-state index contributed by atoms with van der Waals surface area (Å²) in [4.78, 5) is 11.3. The number of benzene rings is 2. The van der Waals surface area contributed by atoms with Crippen LogP contribution in [0.25, 0.3) is 22.3 Å². The van der Waals surface area contributed by atoms with Crippen LogP contribution in [0.15, 0.2) is 48.5 Å². The monoisotopic (exact) mass is 358 g/mol. The van der Waals surface area contributed by atoms with Crippen molar-refractivity contribution in [1.82, 2.24) is 9.97 Å². The second kappa shape index (κ2) is 6.25. The fourth-order valence-electron chi connectivity index (χ4n) is 3.22. The van der Waals surface area contributed by atoms with Crippen LogP contribution in [0, 0.1) is 0 Å². The Morgan fingerprint density at radius 1 is 1.00 bits per heavy atom. The summed E-state index contributed by atoms with van der Waals surface area (Å²) in [6.45, 7) is 1.50. The number of nitrogens with zero attached hydrogens (tertiary/aromatic N) is 3. The van der Waals surface area contributed by atoms with Gasteiger partial charge in [0, 0.05) is 30.1 Å². The van der Waals surface area contributed by atoms with Crippen LogP contribution in [0.1, 0.15) is 12.0 Å². The first-order valence-electron chi connectivity index (χ1n) is 8.37. The molecular weight excluding hydrogens is 341 g/mol. The summed E-state index contributed by atoms with van der Waals surface area (Å²) >= 11 is 0. The number of hydrogen-bond acceptors (Lipinski definition) is 4. The molecule has 1 aliphatic heterocycles. The average Bonchev–Trinajstić information content (AvgIpc) is 3.06. The summed E-state index contributed by atoms with van der Waals surface area (Å²) in [7, 11) is 0. The first-order chi connectivity index (χ1) is 12.4. The number of alkyl halides is 3. The average molecular weight is 358 g/mol. The summed E-state index contributed by atoms with van der Waals surface area (Å²) in [5, 5.41) is 0.914. The standard InChI is InChI=1S/C19H17F3N4/c20-19(21,22)13-7-5-12(6-8-13)17-24-16-4-2-1-3-15(16)18(25-17)26-10-9-14(23)11-26/h1-8,14H,9-11,23H2. The van der Waals surface area contributed by atoms with Gasteiger partial charge in [-0.25, -0.2) is 9.97 Å².